The molecule has 0 bridgehead atoms. The minimum absolute atomic E-state index is 0.261. The minimum Gasteiger partial charge on any atom is -0.465 e. The third-order valence-electron chi connectivity index (χ3n) is 5.27. The van der Waals surface area contributed by atoms with E-state index in [1.54, 1.807) is 18.2 Å². The number of nitriles is 1. The predicted octanol–water partition coefficient (Wildman–Crippen LogP) is 6.27. The Labute approximate surface area is 184 Å². The first kappa shape index (κ1) is 22.9. The molecule has 32 heavy (non-hydrogen) atoms. The molecule has 0 aliphatic heterocycles. The maximum Gasteiger partial charge on any atom is 0.416 e. The zero-order valence-electron chi connectivity index (χ0n) is 18.0. The number of aryl methyl sites for hydroxylation is 2. The molecule has 1 heterocycles. The summed E-state index contributed by atoms with van der Waals surface area (Å²) >= 11 is 0. The van der Waals surface area contributed by atoms with Gasteiger partial charge in [0.25, 0.3) is 0 Å². The van der Waals surface area contributed by atoms with Crippen molar-refractivity contribution in [1.82, 2.24) is 4.57 Å². The molecule has 0 saturated carbocycles. The zero-order chi connectivity index (χ0) is 23.6. The van der Waals surface area contributed by atoms with Crippen LogP contribution in [-0.4, -0.2) is 17.6 Å². The van der Waals surface area contributed by atoms with Gasteiger partial charge in [-0.25, -0.2) is 4.79 Å². The number of carbonyl (C=O) groups is 1. The summed E-state index contributed by atoms with van der Waals surface area (Å²) < 4.78 is 45.2. The summed E-state index contributed by atoms with van der Waals surface area (Å²) in [5, 5.41) is 9.61. The van der Waals surface area contributed by atoms with Crippen molar-refractivity contribution in [3.8, 4) is 11.8 Å². The Kier molecular flexibility index (Phi) is 6.26. The van der Waals surface area contributed by atoms with Crippen LogP contribution in [0.25, 0.3) is 17.3 Å². The average molecular weight is 438 g/mol. The lowest BCUT2D eigenvalue weighted by Gasteiger charge is -2.14. The number of ether oxygens (including phenoxy) is 1. The average Bonchev–Trinajstić information content (AvgIpc) is 3.03. The molecule has 0 N–H and O–H groups in total. The molecule has 0 aliphatic rings. The van der Waals surface area contributed by atoms with E-state index in [9.17, 15) is 23.2 Å². The second kappa shape index (κ2) is 8.75. The molecular weight excluding hydrogens is 417 g/mol. The third-order valence-corrected chi connectivity index (χ3v) is 5.27. The monoisotopic (exact) mass is 438 g/mol. The van der Waals surface area contributed by atoms with Crippen LogP contribution in [0.5, 0.6) is 0 Å². The summed E-state index contributed by atoms with van der Waals surface area (Å²) in [6.45, 7) is 5.70. The number of hydrogen-bond acceptors (Lipinski definition) is 3. The summed E-state index contributed by atoms with van der Waals surface area (Å²) in [6, 6.07) is 13.8. The molecular formula is C25H21F3N2O2. The molecule has 0 saturated heterocycles. The Morgan fingerprint density at radius 3 is 2.19 bits per heavy atom. The SMILES string of the molecule is COC(=O)c1ccc(-n2c(C)cc(/C=C(/C#N)c3ccc(C(F)(F)F)cc3)c2C)c(C)c1. The minimum atomic E-state index is -4.43. The molecule has 0 spiro atoms. The van der Waals surface area contributed by atoms with Crippen LogP contribution in [0, 0.1) is 32.1 Å². The van der Waals surface area contributed by atoms with Crippen molar-refractivity contribution in [2.75, 3.05) is 7.11 Å². The van der Waals surface area contributed by atoms with Crippen LogP contribution >= 0.6 is 0 Å². The third kappa shape index (κ3) is 4.45. The van der Waals surface area contributed by atoms with Gasteiger partial charge in [0, 0.05) is 17.1 Å². The van der Waals surface area contributed by atoms with Gasteiger partial charge in [0.2, 0.25) is 0 Å². The van der Waals surface area contributed by atoms with Gasteiger partial charge < -0.3 is 9.30 Å². The van der Waals surface area contributed by atoms with E-state index in [0.29, 0.717) is 11.1 Å². The highest BCUT2D eigenvalue weighted by Crippen LogP contribution is 2.31. The number of methoxy groups -OCH3 is 1. The summed E-state index contributed by atoms with van der Waals surface area (Å²) in [6.07, 6.45) is -2.76. The molecule has 0 amide bonds. The van der Waals surface area contributed by atoms with E-state index in [2.05, 4.69) is 6.07 Å². The molecule has 0 aliphatic carbocycles. The van der Waals surface area contributed by atoms with Crippen molar-refractivity contribution in [1.29, 1.82) is 5.26 Å². The highest BCUT2D eigenvalue weighted by Gasteiger charge is 2.30. The van der Waals surface area contributed by atoms with E-state index < -0.39 is 17.7 Å². The number of benzene rings is 2. The van der Waals surface area contributed by atoms with E-state index in [1.165, 1.54) is 19.2 Å². The quantitative estimate of drug-likeness (QED) is 0.356. The van der Waals surface area contributed by atoms with Crippen molar-refractivity contribution >= 4 is 17.6 Å². The van der Waals surface area contributed by atoms with Gasteiger partial charge in [-0.05, 0) is 79.9 Å². The normalized spacial score (nSPS) is 11.9. The Bertz CT molecular complexity index is 1240. The van der Waals surface area contributed by atoms with Crippen LogP contribution in [0.4, 0.5) is 13.2 Å². The topological polar surface area (TPSA) is 55.0 Å². The fraction of sp³-hybridized carbons (Fsp3) is 0.200. The lowest BCUT2D eigenvalue weighted by Crippen LogP contribution is -2.05. The molecule has 3 aromatic rings. The molecule has 4 nitrogen and oxygen atoms in total. The number of rotatable bonds is 4. The molecule has 7 heteroatoms. The van der Waals surface area contributed by atoms with E-state index in [-0.39, 0.29) is 5.57 Å². The van der Waals surface area contributed by atoms with Crippen molar-refractivity contribution in [3.05, 3.63) is 87.7 Å². The Morgan fingerprint density at radius 1 is 1.03 bits per heavy atom. The second-order valence-corrected chi connectivity index (χ2v) is 7.40. The molecule has 0 fully saturated rings. The highest BCUT2D eigenvalue weighted by atomic mass is 19.4. The first-order valence-corrected chi connectivity index (χ1v) is 9.74. The maximum absolute atomic E-state index is 12.8. The number of aromatic nitrogens is 1. The lowest BCUT2D eigenvalue weighted by atomic mass is 10.0. The first-order valence-electron chi connectivity index (χ1n) is 9.74. The largest absolute Gasteiger partial charge is 0.465 e. The molecule has 1 aromatic heterocycles. The molecule has 0 radical (unpaired) electrons. The van der Waals surface area contributed by atoms with Crippen LogP contribution in [0.1, 0.15) is 44.0 Å². The number of nitrogens with zero attached hydrogens (tertiary/aromatic N) is 2. The summed E-state index contributed by atoms with van der Waals surface area (Å²) in [7, 11) is 1.33. The van der Waals surface area contributed by atoms with Gasteiger partial charge in [0.05, 0.1) is 29.9 Å². The summed E-state index contributed by atoms with van der Waals surface area (Å²) in [5.74, 6) is -0.417. The fourth-order valence-corrected chi connectivity index (χ4v) is 3.63. The molecule has 164 valence electrons. The number of hydrogen-bond donors (Lipinski definition) is 0. The highest BCUT2D eigenvalue weighted by molar-refractivity contribution is 5.91. The van der Waals surface area contributed by atoms with E-state index in [1.807, 2.05) is 37.5 Å². The molecule has 2 aromatic carbocycles. The Balaban J connectivity index is 2.02. The van der Waals surface area contributed by atoms with Crippen LogP contribution in [0.2, 0.25) is 0 Å². The predicted molar refractivity (Wildman–Crippen MR) is 116 cm³/mol. The number of carbonyl (C=O) groups excluding carboxylic acids is 1. The van der Waals surface area contributed by atoms with Crippen LogP contribution < -0.4 is 0 Å². The van der Waals surface area contributed by atoms with E-state index in [4.69, 9.17) is 4.74 Å². The van der Waals surface area contributed by atoms with Gasteiger partial charge in [-0.15, -0.1) is 0 Å². The van der Waals surface area contributed by atoms with Gasteiger partial charge in [-0.2, -0.15) is 18.4 Å². The molecule has 3 rings (SSSR count). The van der Waals surface area contributed by atoms with Crippen LogP contribution in [-0.2, 0) is 10.9 Å². The molecule has 0 atom stereocenters. The Hall–Kier alpha value is -3.79. The van der Waals surface area contributed by atoms with Gasteiger partial charge in [0.1, 0.15) is 0 Å². The van der Waals surface area contributed by atoms with Crippen molar-refractivity contribution in [3.63, 3.8) is 0 Å². The van der Waals surface area contributed by atoms with E-state index >= 15 is 0 Å². The van der Waals surface area contributed by atoms with Crippen LogP contribution in [0.3, 0.4) is 0 Å². The number of esters is 1. The fourth-order valence-electron chi connectivity index (χ4n) is 3.63. The smallest absolute Gasteiger partial charge is 0.416 e. The lowest BCUT2D eigenvalue weighted by molar-refractivity contribution is -0.137. The van der Waals surface area contributed by atoms with Crippen molar-refractivity contribution in [2.24, 2.45) is 0 Å². The van der Waals surface area contributed by atoms with Gasteiger partial charge in [-0.3, -0.25) is 0 Å². The van der Waals surface area contributed by atoms with Crippen molar-refractivity contribution < 1.29 is 22.7 Å². The van der Waals surface area contributed by atoms with E-state index in [0.717, 1.165) is 40.3 Å². The van der Waals surface area contributed by atoms with Gasteiger partial charge in [0.15, 0.2) is 0 Å². The summed E-state index contributed by atoms with van der Waals surface area (Å²) in [5.41, 5.74) is 4.64. The number of allylic oxidation sites excluding steroid dienone is 1. The van der Waals surface area contributed by atoms with Gasteiger partial charge >= 0.3 is 12.1 Å². The van der Waals surface area contributed by atoms with Gasteiger partial charge in [-0.1, -0.05) is 12.1 Å². The first-order chi connectivity index (χ1) is 15.1. The van der Waals surface area contributed by atoms with Crippen molar-refractivity contribution in [2.45, 2.75) is 26.9 Å². The number of halogens is 3. The standard InChI is InChI=1S/C25H21F3N2O2/c1-15-11-19(24(31)32-4)7-10-23(15)30-16(2)12-20(17(30)3)13-21(14-29)18-5-8-22(9-6-18)25(26,27)28/h5-13H,1-4H3/b21-13-. The van der Waals surface area contributed by atoms with Crippen LogP contribution in [0.15, 0.2) is 48.5 Å². The maximum atomic E-state index is 12.8. The second-order valence-electron chi connectivity index (χ2n) is 7.40. The number of alkyl halides is 3. The Morgan fingerprint density at radius 2 is 1.66 bits per heavy atom. The zero-order valence-corrected chi connectivity index (χ0v) is 18.0. The molecule has 0 unspecified atom stereocenters. The summed E-state index contributed by atoms with van der Waals surface area (Å²) in [4.78, 5) is 11.8.